The van der Waals surface area contributed by atoms with Gasteiger partial charge in [-0.25, -0.2) is 4.79 Å². The number of benzene rings is 2. The van der Waals surface area contributed by atoms with E-state index >= 15 is 0 Å². The average molecular weight is 334 g/mol. The van der Waals surface area contributed by atoms with Crippen LogP contribution >= 0.6 is 0 Å². The summed E-state index contributed by atoms with van der Waals surface area (Å²) in [5.74, 6) is 1.59. The van der Waals surface area contributed by atoms with Crippen LogP contribution in [0, 0.1) is 12.3 Å². The lowest BCUT2D eigenvalue weighted by molar-refractivity contribution is -0.141. The first kappa shape index (κ1) is 16.6. The van der Waals surface area contributed by atoms with Crippen molar-refractivity contribution in [3.63, 3.8) is 0 Å². The van der Waals surface area contributed by atoms with Gasteiger partial charge in [0.05, 0.1) is 12.1 Å². The van der Waals surface area contributed by atoms with Gasteiger partial charge in [0.15, 0.2) is 5.54 Å². The second kappa shape index (κ2) is 6.71. The summed E-state index contributed by atoms with van der Waals surface area (Å²) in [7, 11) is 0. The molecule has 1 unspecified atom stereocenters. The summed E-state index contributed by atoms with van der Waals surface area (Å²) < 4.78 is 7.66. The van der Waals surface area contributed by atoms with E-state index in [0.717, 1.165) is 16.5 Å². The molecule has 5 heteroatoms. The molecule has 3 N–H and O–H groups in total. The lowest BCUT2D eigenvalue weighted by Gasteiger charge is -2.19. The van der Waals surface area contributed by atoms with Gasteiger partial charge in [-0.1, -0.05) is 48.4 Å². The summed E-state index contributed by atoms with van der Waals surface area (Å²) >= 11 is 0. The predicted molar refractivity (Wildman–Crippen MR) is 96.1 cm³/mol. The molecule has 5 nitrogen and oxygen atoms in total. The van der Waals surface area contributed by atoms with Crippen molar-refractivity contribution < 1.29 is 14.6 Å². The van der Waals surface area contributed by atoms with Crippen LogP contribution in [0.25, 0.3) is 10.9 Å². The van der Waals surface area contributed by atoms with Crippen LogP contribution in [0.1, 0.15) is 5.56 Å². The van der Waals surface area contributed by atoms with E-state index in [1.165, 1.54) is 0 Å². The third kappa shape index (κ3) is 3.35. The topological polar surface area (TPSA) is 77.5 Å². The molecular formula is C20H18N2O3. The summed E-state index contributed by atoms with van der Waals surface area (Å²) in [4.78, 5) is 11.4. The quantitative estimate of drug-likeness (QED) is 0.679. The molecule has 25 heavy (non-hydrogen) atoms. The zero-order valence-corrected chi connectivity index (χ0v) is 13.6. The number of carboxylic acids is 1. The van der Waals surface area contributed by atoms with Gasteiger partial charge in [0.2, 0.25) is 0 Å². The van der Waals surface area contributed by atoms with E-state index in [4.69, 9.17) is 16.9 Å². The summed E-state index contributed by atoms with van der Waals surface area (Å²) in [6.07, 6.45) is 7.09. The second-order valence-electron chi connectivity index (χ2n) is 5.83. The minimum absolute atomic E-state index is 0.0476. The molecule has 0 aliphatic carbocycles. The average Bonchev–Trinajstić information content (AvgIpc) is 2.98. The first-order chi connectivity index (χ1) is 12.0. The van der Waals surface area contributed by atoms with E-state index in [0.29, 0.717) is 12.4 Å². The Bertz CT molecular complexity index is 940. The van der Waals surface area contributed by atoms with Crippen LogP contribution in [0.15, 0.2) is 60.8 Å². The van der Waals surface area contributed by atoms with Gasteiger partial charge in [-0.3, -0.25) is 0 Å². The predicted octanol–water partition coefficient (Wildman–Crippen LogP) is 2.64. The van der Waals surface area contributed by atoms with Crippen LogP contribution < -0.4 is 10.5 Å². The highest BCUT2D eigenvalue weighted by Gasteiger charge is 2.32. The number of aromatic nitrogens is 1. The van der Waals surface area contributed by atoms with Gasteiger partial charge in [-0.2, -0.15) is 0 Å². The standard InChI is InChI=1S/C20H18N2O3/c1-2-20(21,19(23)24)14-22-12-18(16-10-6-7-11-17(16)22)25-13-15-8-4-3-5-9-15/h1,3-12H,13-14,21H2,(H,23,24). The Morgan fingerprint density at radius 2 is 1.88 bits per heavy atom. The smallest absolute Gasteiger partial charge is 0.338 e. The fourth-order valence-corrected chi connectivity index (χ4v) is 2.64. The fourth-order valence-electron chi connectivity index (χ4n) is 2.64. The molecule has 0 spiro atoms. The SMILES string of the molecule is C#CC(N)(Cn1cc(OCc2ccccc2)c2ccccc21)C(=O)O. The van der Waals surface area contributed by atoms with Crippen LogP contribution in [-0.4, -0.2) is 21.2 Å². The van der Waals surface area contributed by atoms with Crippen molar-refractivity contribution in [2.45, 2.75) is 18.7 Å². The van der Waals surface area contributed by atoms with Crippen molar-refractivity contribution >= 4 is 16.9 Å². The number of para-hydroxylation sites is 1. The van der Waals surface area contributed by atoms with Gasteiger partial charge in [0.25, 0.3) is 0 Å². The second-order valence-corrected chi connectivity index (χ2v) is 5.83. The first-order valence-electron chi connectivity index (χ1n) is 7.78. The Labute approximate surface area is 145 Å². The van der Waals surface area contributed by atoms with E-state index in [1.807, 2.05) is 54.6 Å². The van der Waals surface area contributed by atoms with Gasteiger partial charge < -0.3 is 20.1 Å². The maximum Gasteiger partial charge on any atom is 0.338 e. The van der Waals surface area contributed by atoms with E-state index in [2.05, 4.69) is 5.92 Å². The normalized spacial score (nSPS) is 13.1. The van der Waals surface area contributed by atoms with E-state index in [-0.39, 0.29) is 6.54 Å². The zero-order chi connectivity index (χ0) is 17.9. The maximum absolute atomic E-state index is 11.4. The number of hydrogen-bond donors (Lipinski definition) is 2. The number of ether oxygens (including phenoxy) is 1. The molecule has 126 valence electrons. The highest BCUT2D eigenvalue weighted by molar-refractivity contribution is 5.88. The Hall–Kier alpha value is -3.23. The van der Waals surface area contributed by atoms with E-state index < -0.39 is 11.5 Å². The molecule has 0 aliphatic heterocycles. The molecule has 3 rings (SSSR count). The van der Waals surface area contributed by atoms with Crippen molar-refractivity contribution in [3.05, 3.63) is 66.4 Å². The molecule has 2 aromatic carbocycles. The summed E-state index contributed by atoms with van der Waals surface area (Å²) in [5.41, 5.74) is 5.92. The van der Waals surface area contributed by atoms with Gasteiger partial charge in [0.1, 0.15) is 12.4 Å². The number of fused-ring (bicyclic) bond motifs is 1. The summed E-state index contributed by atoms with van der Waals surface area (Å²) in [6, 6.07) is 17.4. The Morgan fingerprint density at radius 3 is 2.56 bits per heavy atom. The van der Waals surface area contributed by atoms with Crippen LogP contribution in [0.4, 0.5) is 0 Å². The molecule has 0 bridgehead atoms. The third-order valence-corrected chi connectivity index (χ3v) is 4.05. The number of terminal acetylenes is 1. The van der Waals surface area contributed by atoms with E-state index in [9.17, 15) is 9.90 Å². The number of aliphatic carboxylic acids is 1. The van der Waals surface area contributed by atoms with Crippen LogP contribution in [0.5, 0.6) is 5.75 Å². The number of nitrogens with zero attached hydrogens (tertiary/aromatic N) is 1. The Kier molecular flexibility index (Phi) is 4.46. The third-order valence-electron chi connectivity index (χ3n) is 4.05. The van der Waals surface area contributed by atoms with Gasteiger partial charge in [0, 0.05) is 11.6 Å². The first-order valence-corrected chi connectivity index (χ1v) is 7.78. The van der Waals surface area contributed by atoms with Gasteiger partial charge in [-0.15, -0.1) is 6.42 Å². The molecule has 0 aliphatic rings. The number of nitrogens with two attached hydrogens (primary N) is 1. The molecule has 0 fully saturated rings. The molecule has 1 atom stereocenters. The molecule has 0 radical (unpaired) electrons. The highest BCUT2D eigenvalue weighted by atomic mass is 16.5. The van der Waals surface area contributed by atoms with E-state index in [1.54, 1.807) is 10.8 Å². The van der Waals surface area contributed by atoms with Crippen molar-refractivity contribution in [1.82, 2.24) is 4.57 Å². The van der Waals surface area contributed by atoms with Crippen LogP contribution in [0.2, 0.25) is 0 Å². The van der Waals surface area contributed by atoms with Crippen LogP contribution in [0.3, 0.4) is 0 Å². The van der Waals surface area contributed by atoms with Gasteiger partial charge >= 0.3 is 5.97 Å². The summed E-state index contributed by atoms with van der Waals surface area (Å²) in [5, 5.41) is 10.2. The highest BCUT2D eigenvalue weighted by Crippen LogP contribution is 2.29. The molecule has 0 saturated heterocycles. The van der Waals surface area contributed by atoms with Crippen LogP contribution in [-0.2, 0) is 17.9 Å². The maximum atomic E-state index is 11.4. The Balaban J connectivity index is 1.93. The largest absolute Gasteiger partial charge is 0.487 e. The van der Waals surface area contributed by atoms with Gasteiger partial charge in [-0.05, 0) is 17.7 Å². The zero-order valence-electron chi connectivity index (χ0n) is 13.6. The summed E-state index contributed by atoms with van der Waals surface area (Å²) in [6.45, 7) is 0.366. The number of carboxylic acid groups (broad SMARTS) is 1. The van der Waals surface area contributed by atoms with Crippen molar-refractivity contribution in [3.8, 4) is 18.1 Å². The lowest BCUT2D eigenvalue weighted by Crippen LogP contribution is -2.50. The van der Waals surface area contributed by atoms with Crippen molar-refractivity contribution in [2.24, 2.45) is 5.73 Å². The molecule has 1 aromatic heterocycles. The Morgan fingerprint density at radius 1 is 1.20 bits per heavy atom. The number of carbonyl (C=O) groups is 1. The minimum atomic E-state index is -1.78. The minimum Gasteiger partial charge on any atom is -0.487 e. The molecular weight excluding hydrogens is 316 g/mol. The number of hydrogen-bond acceptors (Lipinski definition) is 3. The monoisotopic (exact) mass is 334 g/mol. The molecule has 3 aromatic rings. The molecule has 0 saturated carbocycles. The number of rotatable bonds is 6. The molecule has 1 heterocycles. The van der Waals surface area contributed by atoms with Crippen molar-refractivity contribution in [2.75, 3.05) is 0 Å². The lowest BCUT2D eigenvalue weighted by atomic mass is 10.0. The molecule has 0 amide bonds. The fraction of sp³-hybridized carbons (Fsp3) is 0.150. The van der Waals surface area contributed by atoms with Crippen molar-refractivity contribution in [1.29, 1.82) is 0 Å².